The van der Waals surface area contributed by atoms with Gasteiger partial charge in [0.1, 0.15) is 0 Å². The molecule has 0 spiro atoms. The summed E-state index contributed by atoms with van der Waals surface area (Å²) >= 11 is 1.79. The van der Waals surface area contributed by atoms with Crippen LogP contribution in [0.5, 0.6) is 0 Å². The van der Waals surface area contributed by atoms with Crippen LogP contribution in [0.3, 0.4) is 0 Å². The molecule has 1 aliphatic heterocycles. The first-order valence-corrected chi connectivity index (χ1v) is 15.8. The van der Waals surface area contributed by atoms with Crippen molar-refractivity contribution in [3.05, 3.63) is 40.3 Å². The van der Waals surface area contributed by atoms with Crippen molar-refractivity contribution in [2.24, 2.45) is 11.8 Å². The van der Waals surface area contributed by atoms with Gasteiger partial charge in [0.15, 0.2) is 0 Å². The Morgan fingerprint density at radius 1 is 0.853 bits per heavy atom. The molecule has 188 valence electrons. The van der Waals surface area contributed by atoms with E-state index in [1.54, 1.807) is 22.4 Å². The molecule has 2 atom stereocenters. The molecule has 4 rings (SSSR count). The average Bonchev–Trinajstić information content (AvgIpc) is 3.45. The van der Waals surface area contributed by atoms with Crippen molar-refractivity contribution in [3.8, 4) is 0 Å². The number of rotatable bonds is 5. The normalized spacial score (nSPS) is 25.0. The Morgan fingerprint density at radius 2 is 1.32 bits per heavy atom. The second-order valence-electron chi connectivity index (χ2n) is 13.3. The van der Waals surface area contributed by atoms with Crippen LogP contribution in [0.2, 0.25) is 0 Å². The van der Waals surface area contributed by atoms with E-state index in [9.17, 15) is 0 Å². The molecule has 0 N–H and O–H groups in total. The molecule has 2 bridgehead atoms. The second kappa shape index (κ2) is 9.51. The van der Waals surface area contributed by atoms with Crippen molar-refractivity contribution >= 4 is 30.6 Å². The summed E-state index contributed by atoms with van der Waals surface area (Å²) in [7, 11) is -0.461. The standard InChI is InChI=1S/C29H48GeN3P/c1-19(2)23-12-11-13-24(20(3)4)26(23)33(30)25-21-14-15-22(18-21)27(25)34-31(28(5,6)7)16-17-32(34)29(8,9)10/h11-13,19-22,30H,14-18H2,1-10H3/t21-,22+/m1/s1. The van der Waals surface area contributed by atoms with Crippen LogP contribution >= 0.6 is 8.22 Å². The zero-order valence-corrected chi connectivity index (χ0v) is 26.8. The summed E-state index contributed by atoms with van der Waals surface area (Å²) in [5.74, 6) is 2.57. The first-order valence-electron chi connectivity index (χ1n) is 13.5. The molecule has 1 saturated heterocycles. The number of benzene rings is 1. The fraction of sp³-hybridized carbons (Fsp3) is 0.724. The van der Waals surface area contributed by atoms with Gasteiger partial charge < -0.3 is 0 Å². The van der Waals surface area contributed by atoms with Gasteiger partial charge in [0.25, 0.3) is 0 Å². The summed E-state index contributed by atoms with van der Waals surface area (Å²) in [6, 6.07) is 7.06. The van der Waals surface area contributed by atoms with Crippen LogP contribution in [0.4, 0.5) is 5.69 Å². The molecule has 1 aromatic carbocycles. The Morgan fingerprint density at radius 3 is 1.76 bits per heavy atom. The predicted octanol–water partition coefficient (Wildman–Crippen LogP) is 7.72. The maximum atomic E-state index is 2.88. The van der Waals surface area contributed by atoms with Crippen LogP contribution in [0.25, 0.3) is 0 Å². The Bertz CT molecular complexity index is 891. The molecule has 3 aliphatic rings. The van der Waals surface area contributed by atoms with Gasteiger partial charge in [-0.2, -0.15) is 0 Å². The van der Waals surface area contributed by atoms with Gasteiger partial charge in [0.2, 0.25) is 0 Å². The predicted molar refractivity (Wildman–Crippen MR) is 152 cm³/mol. The number of para-hydroxylation sites is 1. The van der Waals surface area contributed by atoms with E-state index in [4.69, 9.17) is 0 Å². The Hall–Kier alpha value is -0.347. The van der Waals surface area contributed by atoms with E-state index in [2.05, 4.69) is 101 Å². The maximum absolute atomic E-state index is 2.88. The topological polar surface area (TPSA) is 9.72 Å². The van der Waals surface area contributed by atoms with Crippen LogP contribution in [-0.2, 0) is 0 Å². The fourth-order valence-corrected chi connectivity index (χ4v) is 11.5. The number of fused-ring (bicyclic) bond motifs is 2. The molecule has 1 heterocycles. The molecular weight excluding hydrogens is 494 g/mol. The van der Waals surface area contributed by atoms with Gasteiger partial charge in [-0.1, -0.05) is 0 Å². The van der Waals surface area contributed by atoms with Crippen LogP contribution in [0.15, 0.2) is 29.2 Å². The minimum atomic E-state index is -0.461. The van der Waals surface area contributed by atoms with Gasteiger partial charge in [-0.15, -0.1) is 0 Å². The van der Waals surface area contributed by atoms with Gasteiger partial charge in [-0.05, 0) is 0 Å². The van der Waals surface area contributed by atoms with Gasteiger partial charge in [0.05, 0.1) is 0 Å². The summed E-state index contributed by atoms with van der Waals surface area (Å²) < 4.78 is 8.50. The first kappa shape index (κ1) is 26.7. The molecule has 34 heavy (non-hydrogen) atoms. The number of anilines is 1. The molecule has 1 aromatic rings. The summed E-state index contributed by atoms with van der Waals surface area (Å²) in [4.78, 5) is 0. The quantitative estimate of drug-likeness (QED) is 0.279. The monoisotopic (exact) mass is 543 g/mol. The van der Waals surface area contributed by atoms with E-state index in [-0.39, 0.29) is 11.1 Å². The van der Waals surface area contributed by atoms with E-state index in [0.29, 0.717) is 11.8 Å². The van der Waals surface area contributed by atoms with Crippen molar-refractivity contribution in [2.45, 2.75) is 111 Å². The molecule has 0 amide bonds. The molecular formula is C29H48GeN3P. The molecule has 0 aromatic heterocycles. The number of allylic oxidation sites excluding steroid dienone is 2. The van der Waals surface area contributed by atoms with E-state index in [1.165, 1.54) is 49.2 Å². The summed E-state index contributed by atoms with van der Waals surface area (Å²) in [6.45, 7) is 26.4. The van der Waals surface area contributed by atoms with Gasteiger partial charge >= 0.3 is 221 Å². The molecule has 3 nitrogen and oxygen atoms in total. The Kier molecular flexibility index (Phi) is 7.47. The van der Waals surface area contributed by atoms with E-state index in [0.717, 1.165) is 11.8 Å². The number of nitrogens with zero attached hydrogens (tertiary/aromatic N) is 3. The third kappa shape index (κ3) is 4.69. The van der Waals surface area contributed by atoms with Crippen molar-refractivity contribution in [1.29, 1.82) is 0 Å². The summed E-state index contributed by atoms with van der Waals surface area (Å²) in [5.41, 5.74) is 6.64. The van der Waals surface area contributed by atoms with E-state index in [1.807, 2.05) is 5.31 Å². The Balaban J connectivity index is 1.92. The summed E-state index contributed by atoms with van der Waals surface area (Å²) in [6.07, 6.45) is 4.14. The Labute approximate surface area is 220 Å². The number of hydrogen-bond acceptors (Lipinski definition) is 3. The van der Waals surface area contributed by atoms with Crippen molar-refractivity contribution < 1.29 is 0 Å². The molecule has 2 radical (unpaired) electrons. The van der Waals surface area contributed by atoms with Crippen LogP contribution in [-0.4, -0.2) is 50.2 Å². The SMILES string of the molecule is CC(C)c1cccc(C(C)C)c1[N]([GeH])C1=C(P2N(C(C)(C)C)CCN2C(C)(C)C)[C@H]2CC[C@@H]1C2. The van der Waals surface area contributed by atoms with Gasteiger partial charge in [0, 0.05) is 0 Å². The van der Waals surface area contributed by atoms with Crippen LogP contribution < -0.4 is 3.86 Å². The number of hydrogen-bond donors (Lipinski definition) is 0. The van der Waals surface area contributed by atoms with Gasteiger partial charge in [-0.3, -0.25) is 0 Å². The van der Waals surface area contributed by atoms with Crippen LogP contribution in [0.1, 0.15) is 111 Å². The fourth-order valence-electron chi connectivity index (χ4n) is 6.40. The average molecular weight is 542 g/mol. The molecule has 5 heteroatoms. The first-order chi connectivity index (χ1) is 15.7. The summed E-state index contributed by atoms with van der Waals surface area (Å²) in [5, 5.41) is 1.83. The minimum absolute atomic E-state index is 0.189. The third-order valence-corrected chi connectivity index (χ3v) is 12.7. The van der Waals surface area contributed by atoms with Crippen LogP contribution in [0, 0.1) is 11.8 Å². The third-order valence-electron chi connectivity index (χ3n) is 8.06. The van der Waals surface area contributed by atoms with Crippen molar-refractivity contribution in [1.82, 2.24) is 9.34 Å². The van der Waals surface area contributed by atoms with Gasteiger partial charge in [-0.25, -0.2) is 0 Å². The van der Waals surface area contributed by atoms with E-state index >= 15 is 0 Å². The van der Waals surface area contributed by atoms with E-state index < -0.39 is 8.22 Å². The zero-order chi connectivity index (χ0) is 25.2. The molecule has 0 unspecified atom stereocenters. The molecule has 1 saturated carbocycles. The molecule has 2 fully saturated rings. The van der Waals surface area contributed by atoms with Crippen molar-refractivity contribution in [3.63, 3.8) is 0 Å². The second-order valence-corrected chi connectivity index (χ2v) is 16.4. The van der Waals surface area contributed by atoms with Crippen molar-refractivity contribution in [2.75, 3.05) is 16.9 Å². The molecule has 2 aliphatic carbocycles. The zero-order valence-electron chi connectivity index (χ0n) is 23.4.